The summed E-state index contributed by atoms with van der Waals surface area (Å²) in [5, 5.41) is 8.70. The number of hydrogen-bond acceptors (Lipinski definition) is 5. The molecule has 8 nitrogen and oxygen atoms in total. The van der Waals surface area contributed by atoms with Crippen LogP contribution in [-0.4, -0.2) is 69.1 Å². The molecule has 0 saturated carbocycles. The van der Waals surface area contributed by atoms with Gasteiger partial charge in [0.15, 0.2) is 0 Å². The lowest BCUT2D eigenvalue weighted by molar-refractivity contribution is -0.139. The lowest BCUT2D eigenvalue weighted by Gasteiger charge is -2.33. The first kappa shape index (κ1) is 14.2. The zero-order valence-corrected chi connectivity index (χ0v) is 10.9. The van der Waals surface area contributed by atoms with Crippen molar-refractivity contribution in [1.29, 1.82) is 0 Å². The monoisotopic (exact) mass is 280 g/mol. The van der Waals surface area contributed by atoms with Crippen molar-refractivity contribution in [2.24, 2.45) is 0 Å². The van der Waals surface area contributed by atoms with Crippen molar-refractivity contribution < 1.29 is 14.7 Å². The maximum atomic E-state index is 12.1. The number of aliphatic carboxylic acids is 1. The van der Waals surface area contributed by atoms with E-state index in [1.807, 2.05) is 0 Å². The van der Waals surface area contributed by atoms with Gasteiger partial charge in [0.05, 0.1) is 6.54 Å². The third kappa shape index (κ3) is 3.64. The molecule has 1 N–H and O–H groups in total. The number of hydrogen-bond donors (Lipinski definition) is 1. The van der Waals surface area contributed by atoms with Crippen molar-refractivity contribution in [3.8, 4) is 0 Å². The van der Waals surface area contributed by atoms with E-state index in [0.29, 0.717) is 26.2 Å². The highest BCUT2D eigenvalue weighted by Gasteiger charge is 2.22. The van der Waals surface area contributed by atoms with Gasteiger partial charge in [-0.25, -0.2) is 9.78 Å². The molecule has 0 atom stereocenters. The average Bonchev–Trinajstić information content (AvgIpc) is 2.41. The Bertz CT molecular complexity index is 548. The topological polar surface area (TPSA) is 95.7 Å². The fourth-order valence-electron chi connectivity index (χ4n) is 2.10. The zero-order chi connectivity index (χ0) is 14.5. The van der Waals surface area contributed by atoms with Crippen LogP contribution in [0.2, 0.25) is 0 Å². The molecular formula is C12H16N4O4. The van der Waals surface area contributed by atoms with Crippen molar-refractivity contribution in [2.45, 2.75) is 6.54 Å². The Labute approximate surface area is 115 Å². The number of piperazine rings is 1. The highest BCUT2D eigenvalue weighted by molar-refractivity contribution is 5.76. The number of carbonyl (C=O) groups excluding carboxylic acids is 1. The number of carboxylic acids is 1. The fourth-order valence-corrected chi connectivity index (χ4v) is 2.10. The molecule has 0 unspecified atom stereocenters. The average molecular weight is 280 g/mol. The minimum Gasteiger partial charge on any atom is -0.480 e. The molecule has 0 aromatic carbocycles. The molecule has 2 heterocycles. The lowest BCUT2D eigenvalue weighted by atomic mass is 10.3. The second-order valence-electron chi connectivity index (χ2n) is 4.58. The Morgan fingerprint density at radius 3 is 2.50 bits per heavy atom. The quantitative estimate of drug-likeness (QED) is 0.719. The summed E-state index contributed by atoms with van der Waals surface area (Å²) in [6, 6.07) is 1.60. The van der Waals surface area contributed by atoms with Crippen molar-refractivity contribution in [3.05, 3.63) is 28.9 Å². The molecule has 2 rings (SSSR count). The molecular weight excluding hydrogens is 264 g/mol. The first-order chi connectivity index (χ1) is 9.56. The SMILES string of the molecule is O=C(O)CN1CCN(C(=O)Cn2cccnc2=O)CC1. The lowest BCUT2D eigenvalue weighted by Crippen LogP contribution is -2.51. The number of amides is 1. The van der Waals surface area contributed by atoms with Gasteiger partial charge in [-0.15, -0.1) is 0 Å². The molecule has 1 fully saturated rings. The molecule has 1 aromatic heterocycles. The van der Waals surface area contributed by atoms with E-state index >= 15 is 0 Å². The molecule has 0 spiro atoms. The number of carbonyl (C=O) groups is 2. The Hall–Kier alpha value is -2.22. The maximum Gasteiger partial charge on any atom is 0.347 e. The van der Waals surface area contributed by atoms with Gasteiger partial charge in [-0.1, -0.05) is 0 Å². The highest BCUT2D eigenvalue weighted by atomic mass is 16.4. The summed E-state index contributed by atoms with van der Waals surface area (Å²) in [5.41, 5.74) is -0.453. The van der Waals surface area contributed by atoms with Gasteiger partial charge in [-0.3, -0.25) is 19.1 Å². The minimum absolute atomic E-state index is 0.00983. The minimum atomic E-state index is -0.869. The van der Waals surface area contributed by atoms with Crippen LogP contribution in [0.4, 0.5) is 0 Å². The Morgan fingerprint density at radius 1 is 1.20 bits per heavy atom. The Kier molecular flexibility index (Phi) is 4.46. The molecule has 1 aliphatic rings. The summed E-state index contributed by atoms with van der Waals surface area (Å²) < 4.78 is 1.26. The van der Waals surface area contributed by atoms with E-state index in [0.717, 1.165) is 0 Å². The van der Waals surface area contributed by atoms with E-state index < -0.39 is 11.7 Å². The predicted molar refractivity (Wildman–Crippen MR) is 69.2 cm³/mol. The second-order valence-corrected chi connectivity index (χ2v) is 4.58. The van der Waals surface area contributed by atoms with Crippen LogP contribution >= 0.6 is 0 Å². The van der Waals surface area contributed by atoms with Gasteiger partial charge in [-0.05, 0) is 6.07 Å². The molecule has 1 amide bonds. The zero-order valence-electron chi connectivity index (χ0n) is 10.9. The number of nitrogens with zero attached hydrogens (tertiary/aromatic N) is 4. The first-order valence-corrected chi connectivity index (χ1v) is 6.29. The molecule has 0 aliphatic carbocycles. The van der Waals surface area contributed by atoms with Gasteiger partial charge in [0.25, 0.3) is 0 Å². The second kappa shape index (κ2) is 6.29. The number of carboxylic acid groups (broad SMARTS) is 1. The van der Waals surface area contributed by atoms with Crippen LogP contribution < -0.4 is 5.69 Å². The van der Waals surface area contributed by atoms with E-state index in [-0.39, 0.29) is 19.0 Å². The summed E-state index contributed by atoms with van der Waals surface area (Å²) in [6.45, 7) is 1.96. The fraction of sp³-hybridized carbons (Fsp3) is 0.500. The molecule has 8 heteroatoms. The van der Waals surface area contributed by atoms with Gasteiger partial charge in [-0.2, -0.15) is 0 Å². The van der Waals surface area contributed by atoms with Crippen molar-refractivity contribution >= 4 is 11.9 Å². The van der Waals surface area contributed by atoms with Crippen LogP contribution in [0.25, 0.3) is 0 Å². The molecule has 0 radical (unpaired) electrons. The summed E-state index contributed by atoms with van der Waals surface area (Å²) in [6.07, 6.45) is 2.90. The molecule has 1 aliphatic heterocycles. The van der Waals surface area contributed by atoms with Crippen molar-refractivity contribution in [3.63, 3.8) is 0 Å². The van der Waals surface area contributed by atoms with Gasteiger partial charge in [0.1, 0.15) is 6.54 Å². The number of rotatable bonds is 4. The van der Waals surface area contributed by atoms with Crippen LogP contribution in [0.3, 0.4) is 0 Å². The smallest absolute Gasteiger partial charge is 0.347 e. The van der Waals surface area contributed by atoms with Crippen LogP contribution in [0.5, 0.6) is 0 Å². The molecule has 20 heavy (non-hydrogen) atoms. The Morgan fingerprint density at radius 2 is 1.90 bits per heavy atom. The highest BCUT2D eigenvalue weighted by Crippen LogP contribution is 2.02. The van der Waals surface area contributed by atoms with E-state index in [1.165, 1.54) is 17.0 Å². The summed E-state index contributed by atoms with van der Waals surface area (Å²) >= 11 is 0. The molecule has 0 bridgehead atoms. The van der Waals surface area contributed by atoms with Gasteiger partial charge in [0, 0.05) is 38.6 Å². The summed E-state index contributed by atoms with van der Waals surface area (Å²) in [7, 11) is 0. The van der Waals surface area contributed by atoms with Crippen LogP contribution in [0.15, 0.2) is 23.3 Å². The molecule has 1 saturated heterocycles. The van der Waals surface area contributed by atoms with Crippen molar-refractivity contribution in [2.75, 3.05) is 32.7 Å². The van der Waals surface area contributed by atoms with Crippen molar-refractivity contribution in [1.82, 2.24) is 19.4 Å². The molecule has 1 aromatic rings. The van der Waals surface area contributed by atoms with Gasteiger partial charge < -0.3 is 10.0 Å². The predicted octanol–water partition coefficient (Wildman–Crippen LogP) is -1.53. The Balaban J connectivity index is 1.88. The summed E-state index contributed by atoms with van der Waals surface area (Å²) in [5.74, 6) is -1.03. The van der Waals surface area contributed by atoms with Crippen LogP contribution in [0.1, 0.15) is 0 Å². The van der Waals surface area contributed by atoms with E-state index in [4.69, 9.17) is 5.11 Å². The largest absolute Gasteiger partial charge is 0.480 e. The summed E-state index contributed by atoms with van der Waals surface area (Å²) in [4.78, 5) is 41.1. The van der Waals surface area contributed by atoms with E-state index in [1.54, 1.807) is 15.9 Å². The maximum absolute atomic E-state index is 12.1. The van der Waals surface area contributed by atoms with Gasteiger partial charge >= 0.3 is 11.7 Å². The third-order valence-corrected chi connectivity index (χ3v) is 3.17. The van der Waals surface area contributed by atoms with Gasteiger partial charge in [0.2, 0.25) is 5.91 Å². The first-order valence-electron chi connectivity index (χ1n) is 6.29. The molecule has 108 valence electrons. The standard InChI is InChI=1S/C12H16N4O4/c17-10(8-16-3-1-2-13-12(16)20)15-6-4-14(5-7-15)9-11(18)19/h1-3H,4-9H2,(H,18,19). The normalized spacial score (nSPS) is 16.1. The van der Waals surface area contributed by atoms with E-state index in [2.05, 4.69) is 4.98 Å². The number of aromatic nitrogens is 2. The van der Waals surface area contributed by atoms with Crippen LogP contribution in [-0.2, 0) is 16.1 Å². The van der Waals surface area contributed by atoms with Crippen LogP contribution in [0, 0.1) is 0 Å². The van der Waals surface area contributed by atoms with E-state index in [9.17, 15) is 14.4 Å². The third-order valence-electron chi connectivity index (χ3n) is 3.17.